The minimum absolute atomic E-state index is 0.129. The molecule has 7 heteroatoms. The Balaban J connectivity index is 2.02. The number of carboxylic acid groups (broad SMARTS) is 1. The second kappa shape index (κ2) is 7.02. The number of aromatic carboxylic acids is 1. The van der Waals surface area contributed by atoms with Crippen LogP contribution in [-0.4, -0.2) is 22.0 Å². The molecule has 0 aliphatic carbocycles. The van der Waals surface area contributed by atoms with Crippen molar-refractivity contribution in [3.63, 3.8) is 0 Å². The Bertz CT molecular complexity index is 715. The highest BCUT2D eigenvalue weighted by Crippen LogP contribution is 2.23. The summed E-state index contributed by atoms with van der Waals surface area (Å²) in [6.45, 7) is 3.45. The summed E-state index contributed by atoms with van der Waals surface area (Å²) >= 11 is 4.46. The topological polar surface area (TPSA) is 79.3 Å². The SMILES string of the molecule is Cc1nc(C(C)NC(=O)Cc2cccc(Br)c2)sc1C(=O)O. The number of halogens is 1. The van der Waals surface area contributed by atoms with Crippen LogP contribution in [0.4, 0.5) is 0 Å². The maximum atomic E-state index is 12.1. The van der Waals surface area contributed by atoms with E-state index in [9.17, 15) is 9.59 Å². The number of hydrogen-bond acceptors (Lipinski definition) is 4. The standard InChI is InChI=1S/C15H15BrN2O3S/c1-8-13(15(20)21)22-14(18-8)9(2)17-12(19)7-10-4-3-5-11(16)6-10/h3-6,9H,7H2,1-2H3,(H,17,19)(H,20,21). The van der Waals surface area contributed by atoms with Gasteiger partial charge in [-0.25, -0.2) is 9.78 Å². The lowest BCUT2D eigenvalue weighted by Crippen LogP contribution is -2.28. The molecule has 0 aliphatic heterocycles. The van der Waals surface area contributed by atoms with Gasteiger partial charge in [0.05, 0.1) is 18.2 Å². The van der Waals surface area contributed by atoms with Gasteiger partial charge in [-0.15, -0.1) is 11.3 Å². The molecule has 1 aromatic carbocycles. The zero-order valence-corrected chi connectivity index (χ0v) is 14.5. The molecule has 2 aromatic rings. The lowest BCUT2D eigenvalue weighted by Gasteiger charge is -2.11. The third-order valence-electron chi connectivity index (χ3n) is 3.01. The largest absolute Gasteiger partial charge is 0.477 e. The highest BCUT2D eigenvalue weighted by molar-refractivity contribution is 9.10. The van der Waals surface area contributed by atoms with E-state index >= 15 is 0 Å². The van der Waals surface area contributed by atoms with E-state index < -0.39 is 5.97 Å². The highest BCUT2D eigenvalue weighted by Gasteiger charge is 2.19. The fourth-order valence-electron chi connectivity index (χ4n) is 1.99. The number of aryl methyl sites for hydroxylation is 1. The number of rotatable bonds is 5. The summed E-state index contributed by atoms with van der Waals surface area (Å²) in [6, 6.07) is 7.22. The van der Waals surface area contributed by atoms with Crippen LogP contribution in [0, 0.1) is 6.92 Å². The molecule has 5 nitrogen and oxygen atoms in total. The summed E-state index contributed by atoms with van der Waals surface area (Å²) in [4.78, 5) is 27.5. The van der Waals surface area contributed by atoms with Crippen molar-refractivity contribution in [3.8, 4) is 0 Å². The molecule has 0 bridgehead atoms. The van der Waals surface area contributed by atoms with Crippen molar-refractivity contribution >= 4 is 39.1 Å². The first-order valence-electron chi connectivity index (χ1n) is 6.61. The zero-order valence-electron chi connectivity index (χ0n) is 12.1. The lowest BCUT2D eigenvalue weighted by molar-refractivity contribution is -0.121. The second-order valence-electron chi connectivity index (χ2n) is 4.87. The molecule has 0 fully saturated rings. The normalized spacial score (nSPS) is 12.0. The minimum atomic E-state index is -0.992. The van der Waals surface area contributed by atoms with Crippen LogP contribution >= 0.6 is 27.3 Å². The molecular weight excluding hydrogens is 368 g/mol. The Labute approximate surface area is 140 Å². The van der Waals surface area contributed by atoms with Crippen molar-refractivity contribution in [3.05, 3.63) is 49.9 Å². The molecule has 0 spiro atoms. The Morgan fingerprint density at radius 3 is 2.77 bits per heavy atom. The molecule has 1 aromatic heterocycles. The third-order valence-corrected chi connectivity index (χ3v) is 4.83. The van der Waals surface area contributed by atoms with Crippen molar-refractivity contribution in [2.75, 3.05) is 0 Å². The lowest BCUT2D eigenvalue weighted by atomic mass is 10.1. The first kappa shape index (κ1) is 16.6. The molecule has 1 amide bonds. The zero-order chi connectivity index (χ0) is 16.3. The van der Waals surface area contributed by atoms with Gasteiger partial charge in [-0.3, -0.25) is 4.79 Å². The van der Waals surface area contributed by atoms with Gasteiger partial charge in [0.1, 0.15) is 9.88 Å². The van der Waals surface area contributed by atoms with E-state index in [0.717, 1.165) is 21.4 Å². The number of aromatic nitrogens is 1. The van der Waals surface area contributed by atoms with Crippen molar-refractivity contribution in [2.45, 2.75) is 26.3 Å². The van der Waals surface area contributed by atoms with Gasteiger partial charge in [-0.2, -0.15) is 0 Å². The van der Waals surface area contributed by atoms with E-state index in [1.807, 2.05) is 24.3 Å². The van der Waals surface area contributed by atoms with Crippen LogP contribution in [0.3, 0.4) is 0 Å². The molecule has 0 radical (unpaired) electrons. The van der Waals surface area contributed by atoms with Gasteiger partial charge >= 0.3 is 5.97 Å². The number of carbonyl (C=O) groups excluding carboxylic acids is 1. The van der Waals surface area contributed by atoms with Gasteiger partial charge < -0.3 is 10.4 Å². The van der Waals surface area contributed by atoms with Crippen LogP contribution in [0.2, 0.25) is 0 Å². The molecule has 22 heavy (non-hydrogen) atoms. The number of carboxylic acids is 1. The monoisotopic (exact) mass is 382 g/mol. The predicted octanol–water partition coefficient (Wildman–Crippen LogP) is 3.33. The van der Waals surface area contributed by atoms with Crippen molar-refractivity contribution in [1.82, 2.24) is 10.3 Å². The Kier molecular flexibility index (Phi) is 5.31. The summed E-state index contributed by atoms with van der Waals surface area (Å²) in [5.74, 6) is -1.12. The summed E-state index contributed by atoms with van der Waals surface area (Å²) < 4.78 is 0.924. The van der Waals surface area contributed by atoms with Crippen LogP contribution in [0.15, 0.2) is 28.7 Å². The number of nitrogens with zero attached hydrogens (tertiary/aromatic N) is 1. The molecule has 0 saturated carbocycles. The Hall–Kier alpha value is -1.73. The average Bonchev–Trinajstić information content (AvgIpc) is 2.81. The van der Waals surface area contributed by atoms with E-state index in [0.29, 0.717) is 10.7 Å². The van der Waals surface area contributed by atoms with Crippen molar-refractivity contribution in [2.24, 2.45) is 0 Å². The Morgan fingerprint density at radius 2 is 2.18 bits per heavy atom. The van der Waals surface area contributed by atoms with Crippen LogP contribution in [0.1, 0.15) is 38.9 Å². The average molecular weight is 383 g/mol. The summed E-state index contributed by atoms with van der Waals surface area (Å²) in [7, 11) is 0. The maximum Gasteiger partial charge on any atom is 0.347 e. The maximum absolute atomic E-state index is 12.1. The van der Waals surface area contributed by atoms with E-state index in [1.54, 1.807) is 13.8 Å². The number of amides is 1. The van der Waals surface area contributed by atoms with E-state index in [1.165, 1.54) is 0 Å². The summed E-state index contributed by atoms with van der Waals surface area (Å²) in [5.41, 5.74) is 1.38. The summed E-state index contributed by atoms with van der Waals surface area (Å²) in [5, 5.41) is 12.5. The molecule has 0 saturated heterocycles. The number of hydrogen-bond donors (Lipinski definition) is 2. The number of carbonyl (C=O) groups is 2. The van der Waals surface area contributed by atoms with Crippen LogP contribution in [-0.2, 0) is 11.2 Å². The van der Waals surface area contributed by atoms with Gasteiger partial charge in [0, 0.05) is 4.47 Å². The van der Waals surface area contributed by atoms with Gasteiger partial charge in [-0.1, -0.05) is 28.1 Å². The molecule has 116 valence electrons. The van der Waals surface area contributed by atoms with Gasteiger partial charge in [0.2, 0.25) is 5.91 Å². The predicted molar refractivity (Wildman–Crippen MR) is 88.2 cm³/mol. The second-order valence-corrected chi connectivity index (χ2v) is 6.81. The Morgan fingerprint density at radius 1 is 1.45 bits per heavy atom. The molecule has 1 heterocycles. The first-order chi connectivity index (χ1) is 10.4. The fraction of sp³-hybridized carbons (Fsp3) is 0.267. The van der Waals surface area contributed by atoms with Crippen LogP contribution in [0.5, 0.6) is 0 Å². The number of nitrogens with one attached hydrogen (secondary N) is 1. The number of benzene rings is 1. The van der Waals surface area contributed by atoms with Crippen LogP contribution < -0.4 is 5.32 Å². The minimum Gasteiger partial charge on any atom is -0.477 e. The molecular formula is C15H15BrN2O3S. The van der Waals surface area contributed by atoms with Gasteiger partial charge in [0.15, 0.2) is 0 Å². The van der Waals surface area contributed by atoms with Crippen LogP contribution in [0.25, 0.3) is 0 Å². The van der Waals surface area contributed by atoms with Crippen molar-refractivity contribution < 1.29 is 14.7 Å². The van der Waals surface area contributed by atoms with E-state index in [4.69, 9.17) is 5.11 Å². The van der Waals surface area contributed by atoms with Gasteiger partial charge in [0.25, 0.3) is 0 Å². The van der Waals surface area contributed by atoms with E-state index in [2.05, 4.69) is 26.2 Å². The first-order valence-corrected chi connectivity index (χ1v) is 8.22. The molecule has 2 rings (SSSR count). The third kappa shape index (κ3) is 4.14. The molecule has 1 unspecified atom stereocenters. The molecule has 2 N–H and O–H groups in total. The van der Waals surface area contributed by atoms with Crippen molar-refractivity contribution in [1.29, 1.82) is 0 Å². The number of thiazole rings is 1. The smallest absolute Gasteiger partial charge is 0.347 e. The fourth-order valence-corrected chi connectivity index (χ4v) is 3.34. The highest BCUT2D eigenvalue weighted by atomic mass is 79.9. The molecule has 0 aliphatic rings. The quantitative estimate of drug-likeness (QED) is 0.830. The van der Waals surface area contributed by atoms with Gasteiger partial charge in [-0.05, 0) is 31.5 Å². The summed E-state index contributed by atoms with van der Waals surface area (Å²) in [6.07, 6.45) is 0.264. The molecule has 1 atom stereocenters. The van der Waals surface area contributed by atoms with E-state index in [-0.39, 0.29) is 23.2 Å².